The van der Waals surface area contributed by atoms with E-state index in [-0.39, 0.29) is 43.7 Å². The second kappa shape index (κ2) is 14.1. The van der Waals surface area contributed by atoms with Gasteiger partial charge in [-0.25, -0.2) is 9.97 Å². The standard InChI is InChI=1S/C32H39N7O5/c1-42-11-10-39-21-30(40)36-28-19-37(18-24-14-34-32(35-15-24)38-8-3-2-4-9-38)20-29(28)43-22-23-6-5-7-26(12-23)44-27-13-25(31(39)41)16-33-17-27/h5-7,12-17,28-29H,2-4,8-11,18-22H2,1H3,(H,36,40)/t28-,29-/m0/s1. The van der Waals surface area contributed by atoms with Crippen molar-refractivity contribution in [1.29, 1.82) is 0 Å². The molecule has 3 aliphatic heterocycles. The highest BCUT2D eigenvalue weighted by molar-refractivity contribution is 5.96. The number of methoxy groups -OCH3 is 1. The lowest BCUT2D eigenvalue weighted by Gasteiger charge is -2.26. The molecule has 12 nitrogen and oxygen atoms in total. The zero-order valence-electron chi connectivity index (χ0n) is 25.1. The molecule has 12 heteroatoms. The summed E-state index contributed by atoms with van der Waals surface area (Å²) in [5.41, 5.74) is 2.27. The lowest BCUT2D eigenvalue weighted by atomic mass is 10.1. The highest BCUT2D eigenvalue weighted by Gasteiger charge is 2.35. The maximum Gasteiger partial charge on any atom is 0.256 e. The lowest BCUT2D eigenvalue weighted by Crippen LogP contribution is -2.49. The maximum atomic E-state index is 13.5. The maximum absolute atomic E-state index is 13.5. The Balaban J connectivity index is 1.20. The minimum atomic E-state index is -0.329. The molecular formula is C32H39N7O5. The zero-order chi connectivity index (χ0) is 30.3. The molecule has 3 aliphatic rings. The summed E-state index contributed by atoms with van der Waals surface area (Å²) in [5.74, 6) is 1.23. The third kappa shape index (κ3) is 7.50. The predicted molar refractivity (Wildman–Crippen MR) is 162 cm³/mol. The van der Waals surface area contributed by atoms with E-state index in [1.807, 2.05) is 36.7 Å². The second-order valence-electron chi connectivity index (χ2n) is 11.5. The largest absolute Gasteiger partial charge is 0.456 e. The van der Waals surface area contributed by atoms with E-state index in [9.17, 15) is 9.59 Å². The van der Waals surface area contributed by atoms with Crippen molar-refractivity contribution in [1.82, 2.24) is 30.1 Å². The molecule has 44 heavy (non-hydrogen) atoms. The number of fused-ring (bicyclic) bond motifs is 5. The molecule has 3 aromatic rings. The molecule has 6 rings (SSSR count). The molecule has 1 aromatic carbocycles. The van der Waals surface area contributed by atoms with Crippen LogP contribution in [0, 0.1) is 0 Å². The molecule has 2 saturated heterocycles. The van der Waals surface area contributed by atoms with Crippen LogP contribution in [0.15, 0.2) is 55.1 Å². The number of anilines is 1. The number of ether oxygens (including phenoxy) is 3. The molecule has 232 valence electrons. The number of benzene rings is 1. The Labute approximate surface area is 257 Å². The number of pyridine rings is 1. The molecule has 0 spiro atoms. The summed E-state index contributed by atoms with van der Waals surface area (Å²) in [6, 6.07) is 9.00. The van der Waals surface area contributed by atoms with E-state index in [4.69, 9.17) is 14.2 Å². The van der Waals surface area contributed by atoms with Crippen molar-refractivity contribution in [2.24, 2.45) is 0 Å². The fraction of sp³-hybridized carbons (Fsp3) is 0.469. The van der Waals surface area contributed by atoms with Crippen LogP contribution in [0.3, 0.4) is 0 Å². The fourth-order valence-electron chi connectivity index (χ4n) is 5.93. The summed E-state index contributed by atoms with van der Waals surface area (Å²) in [7, 11) is 1.56. The first-order valence-corrected chi connectivity index (χ1v) is 15.2. The molecule has 2 fully saturated rings. The Morgan fingerprint density at radius 3 is 2.66 bits per heavy atom. The smallest absolute Gasteiger partial charge is 0.256 e. The molecule has 0 saturated carbocycles. The first kappa shape index (κ1) is 29.9. The first-order chi connectivity index (χ1) is 21.5. The Morgan fingerprint density at radius 1 is 1.00 bits per heavy atom. The Morgan fingerprint density at radius 2 is 1.84 bits per heavy atom. The van der Waals surface area contributed by atoms with E-state index in [0.717, 1.165) is 30.2 Å². The van der Waals surface area contributed by atoms with Gasteiger partial charge in [-0.15, -0.1) is 0 Å². The predicted octanol–water partition coefficient (Wildman–Crippen LogP) is 2.64. The average molecular weight is 602 g/mol. The van der Waals surface area contributed by atoms with E-state index in [0.29, 0.717) is 43.3 Å². The number of rotatable bonds is 6. The number of likely N-dealkylation sites (tertiary alicyclic amines) is 1. The summed E-state index contributed by atoms with van der Waals surface area (Å²) in [6.07, 6.45) is 10.2. The van der Waals surface area contributed by atoms with Gasteiger partial charge in [-0.1, -0.05) is 12.1 Å². The Bertz CT molecular complexity index is 1430. The first-order valence-electron chi connectivity index (χ1n) is 15.2. The van der Waals surface area contributed by atoms with Crippen molar-refractivity contribution in [2.45, 2.75) is 44.6 Å². The van der Waals surface area contributed by atoms with Gasteiger partial charge in [0.15, 0.2) is 0 Å². The van der Waals surface area contributed by atoms with Gasteiger partial charge in [0.2, 0.25) is 11.9 Å². The van der Waals surface area contributed by atoms with Gasteiger partial charge in [0.25, 0.3) is 5.91 Å². The van der Waals surface area contributed by atoms with Crippen molar-refractivity contribution in [3.8, 4) is 11.5 Å². The third-order valence-corrected chi connectivity index (χ3v) is 8.17. The number of amides is 2. The van der Waals surface area contributed by atoms with Crippen molar-refractivity contribution in [3.63, 3.8) is 0 Å². The van der Waals surface area contributed by atoms with E-state index in [1.54, 1.807) is 19.4 Å². The molecular weight excluding hydrogens is 562 g/mol. The van der Waals surface area contributed by atoms with Crippen LogP contribution < -0.4 is 15.0 Å². The van der Waals surface area contributed by atoms with Crippen LogP contribution in [0.5, 0.6) is 11.5 Å². The molecule has 0 radical (unpaired) electrons. The van der Waals surface area contributed by atoms with Gasteiger partial charge in [0.1, 0.15) is 11.5 Å². The number of piperidine rings is 1. The molecule has 4 bridgehead atoms. The summed E-state index contributed by atoms with van der Waals surface area (Å²) >= 11 is 0. The SMILES string of the molecule is COCCN1CC(=O)N[C@H]2CN(Cc3cnc(N4CCCCC4)nc3)C[C@@H]2OCc2cccc(c2)Oc2cncc(c2)C1=O. The molecule has 2 atom stereocenters. The van der Waals surface area contributed by atoms with Gasteiger partial charge >= 0.3 is 0 Å². The molecule has 0 aliphatic carbocycles. The molecule has 2 aromatic heterocycles. The molecule has 0 unspecified atom stereocenters. The monoisotopic (exact) mass is 601 g/mol. The van der Waals surface area contributed by atoms with E-state index in [2.05, 4.69) is 30.1 Å². The number of carbonyl (C=O) groups is 2. The van der Waals surface area contributed by atoms with Crippen LogP contribution in [0.4, 0.5) is 5.95 Å². The number of nitrogens with one attached hydrogen (secondary N) is 1. The quantitative estimate of drug-likeness (QED) is 0.451. The summed E-state index contributed by atoms with van der Waals surface area (Å²) in [6.45, 7) is 4.61. The van der Waals surface area contributed by atoms with Gasteiger partial charge < -0.3 is 29.3 Å². The van der Waals surface area contributed by atoms with Crippen LogP contribution in [0.2, 0.25) is 0 Å². The van der Waals surface area contributed by atoms with Crippen LogP contribution in [0.1, 0.15) is 40.7 Å². The van der Waals surface area contributed by atoms with Crippen molar-refractivity contribution >= 4 is 17.8 Å². The Kier molecular flexibility index (Phi) is 9.59. The topological polar surface area (TPSA) is 122 Å². The number of carbonyl (C=O) groups excluding carboxylic acids is 2. The van der Waals surface area contributed by atoms with Gasteiger partial charge in [-0.3, -0.25) is 19.5 Å². The van der Waals surface area contributed by atoms with Crippen molar-refractivity contribution in [3.05, 3.63) is 71.8 Å². The van der Waals surface area contributed by atoms with Gasteiger partial charge in [-0.05, 0) is 43.0 Å². The second-order valence-corrected chi connectivity index (χ2v) is 11.5. The van der Waals surface area contributed by atoms with Crippen LogP contribution in [-0.4, -0.2) is 102 Å². The molecule has 1 N–H and O–H groups in total. The lowest BCUT2D eigenvalue weighted by molar-refractivity contribution is -0.123. The highest BCUT2D eigenvalue weighted by Crippen LogP contribution is 2.25. The van der Waals surface area contributed by atoms with Crippen LogP contribution in [-0.2, 0) is 27.4 Å². The van der Waals surface area contributed by atoms with E-state index in [1.165, 1.54) is 30.4 Å². The fourth-order valence-corrected chi connectivity index (χ4v) is 5.93. The summed E-state index contributed by atoms with van der Waals surface area (Å²) < 4.78 is 17.7. The molecule has 2 amide bonds. The normalized spacial score (nSPS) is 21.5. The number of hydrogen-bond donors (Lipinski definition) is 1. The minimum absolute atomic E-state index is 0.124. The number of aromatic nitrogens is 3. The van der Waals surface area contributed by atoms with Crippen molar-refractivity contribution < 1.29 is 23.8 Å². The van der Waals surface area contributed by atoms with Crippen LogP contribution in [0.25, 0.3) is 0 Å². The average Bonchev–Trinajstić information content (AvgIpc) is 3.42. The molecule has 5 heterocycles. The minimum Gasteiger partial charge on any atom is -0.456 e. The van der Waals surface area contributed by atoms with Gasteiger partial charge in [0.05, 0.1) is 43.7 Å². The summed E-state index contributed by atoms with van der Waals surface area (Å²) in [5, 5.41) is 3.15. The van der Waals surface area contributed by atoms with E-state index < -0.39 is 0 Å². The number of nitrogens with zero attached hydrogens (tertiary/aromatic N) is 6. The zero-order valence-corrected chi connectivity index (χ0v) is 25.1. The third-order valence-electron chi connectivity index (χ3n) is 8.17. The van der Waals surface area contributed by atoms with Gasteiger partial charge in [0, 0.05) is 70.5 Å². The van der Waals surface area contributed by atoms with Crippen molar-refractivity contribution in [2.75, 3.05) is 57.9 Å². The summed E-state index contributed by atoms with van der Waals surface area (Å²) in [4.78, 5) is 46.3. The van der Waals surface area contributed by atoms with Gasteiger partial charge in [-0.2, -0.15) is 0 Å². The highest BCUT2D eigenvalue weighted by atomic mass is 16.5. The van der Waals surface area contributed by atoms with E-state index >= 15 is 0 Å². The number of hydrogen-bond acceptors (Lipinski definition) is 10. The Hall–Kier alpha value is -4.13. The van der Waals surface area contributed by atoms with Crippen LogP contribution >= 0.6 is 0 Å².